The summed E-state index contributed by atoms with van der Waals surface area (Å²) < 4.78 is 11.1. The second-order valence-corrected chi connectivity index (χ2v) is 9.76. The summed E-state index contributed by atoms with van der Waals surface area (Å²) in [6.07, 6.45) is 1.26. The standard InChI is InChI=1S/C25H21Cl2NO3S/c1-30-21-11-15-18(12-22(21)31-2)28-19-9-14(23-4-3-7-32-23)10-20(29)25(19)24(15)13-5-6-16(26)17(27)8-13/h3-8,11-12,14,24,28H,9-10H2,1-2H3/t14-,24+/m0/s1. The Morgan fingerprint density at radius 3 is 2.47 bits per heavy atom. The molecule has 0 bridgehead atoms. The second-order valence-electron chi connectivity index (χ2n) is 7.96. The van der Waals surface area contributed by atoms with Crippen molar-refractivity contribution in [3.8, 4) is 11.5 Å². The fourth-order valence-electron chi connectivity index (χ4n) is 4.71. The monoisotopic (exact) mass is 485 g/mol. The Morgan fingerprint density at radius 1 is 1.00 bits per heavy atom. The van der Waals surface area contributed by atoms with E-state index in [9.17, 15) is 4.79 Å². The zero-order chi connectivity index (χ0) is 22.4. The lowest BCUT2D eigenvalue weighted by atomic mass is 9.73. The quantitative estimate of drug-likeness (QED) is 0.430. The van der Waals surface area contributed by atoms with Crippen LogP contribution in [0, 0.1) is 0 Å². The van der Waals surface area contributed by atoms with E-state index >= 15 is 0 Å². The molecule has 3 aromatic rings. The van der Waals surface area contributed by atoms with Crippen LogP contribution in [0.4, 0.5) is 5.69 Å². The van der Waals surface area contributed by atoms with Gasteiger partial charge in [0.05, 0.1) is 24.3 Å². The predicted octanol–water partition coefficient (Wildman–Crippen LogP) is 7.03. The fraction of sp³-hybridized carbons (Fsp3) is 0.240. The summed E-state index contributed by atoms with van der Waals surface area (Å²) in [7, 11) is 3.22. The lowest BCUT2D eigenvalue weighted by Crippen LogP contribution is -2.29. The number of carbonyl (C=O) groups is 1. The van der Waals surface area contributed by atoms with Crippen LogP contribution in [0.5, 0.6) is 11.5 Å². The zero-order valence-corrected chi connectivity index (χ0v) is 19.9. The molecule has 2 heterocycles. The number of thiophene rings is 1. The summed E-state index contributed by atoms with van der Waals surface area (Å²) in [6.45, 7) is 0. The van der Waals surface area contributed by atoms with Crippen molar-refractivity contribution in [2.75, 3.05) is 19.5 Å². The van der Waals surface area contributed by atoms with Crippen LogP contribution in [0.2, 0.25) is 10.0 Å². The fourth-order valence-corrected chi connectivity index (χ4v) is 5.84. The highest BCUT2D eigenvalue weighted by atomic mass is 35.5. The van der Waals surface area contributed by atoms with Crippen LogP contribution in [0.1, 0.15) is 40.7 Å². The van der Waals surface area contributed by atoms with Crippen molar-refractivity contribution in [3.63, 3.8) is 0 Å². The molecule has 1 N–H and O–H groups in total. The molecule has 0 saturated heterocycles. The van der Waals surface area contributed by atoms with Crippen molar-refractivity contribution in [3.05, 3.63) is 85.2 Å². The number of hydrogen-bond donors (Lipinski definition) is 1. The molecule has 0 radical (unpaired) electrons. The average molecular weight is 486 g/mol. The van der Waals surface area contributed by atoms with Gasteiger partial charge in [0, 0.05) is 46.2 Å². The Balaban J connectivity index is 1.69. The van der Waals surface area contributed by atoms with Crippen LogP contribution in [0.3, 0.4) is 0 Å². The van der Waals surface area contributed by atoms with Crippen LogP contribution in [-0.2, 0) is 4.79 Å². The number of ether oxygens (including phenoxy) is 2. The molecule has 0 fully saturated rings. The minimum absolute atomic E-state index is 0.147. The first-order valence-electron chi connectivity index (χ1n) is 10.3. The number of halogens is 2. The molecule has 0 spiro atoms. The van der Waals surface area contributed by atoms with Gasteiger partial charge in [0.1, 0.15) is 0 Å². The van der Waals surface area contributed by atoms with E-state index in [1.807, 2.05) is 30.3 Å². The third-order valence-electron chi connectivity index (χ3n) is 6.17. The molecule has 1 aliphatic carbocycles. The zero-order valence-electron chi connectivity index (χ0n) is 17.6. The molecule has 4 nitrogen and oxygen atoms in total. The summed E-state index contributed by atoms with van der Waals surface area (Å²) >= 11 is 14.3. The maximum absolute atomic E-state index is 13.5. The minimum atomic E-state index is -0.271. The van der Waals surface area contributed by atoms with Crippen LogP contribution in [0.25, 0.3) is 0 Å². The number of allylic oxidation sites excluding steroid dienone is 2. The van der Waals surface area contributed by atoms with Crippen LogP contribution in [-0.4, -0.2) is 20.0 Å². The molecule has 5 rings (SSSR count). The Bertz CT molecular complexity index is 1240. The van der Waals surface area contributed by atoms with Gasteiger partial charge in [0.2, 0.25) is 0 Å². The highest BCUT2D eigenvalue weighted by Gasteiger charge is 2.39. The van der Waals surface area contributed by atoms with Gasteiger partial charge in [-0.15, -0.1) is 11.3 Å². The lowest BCUT2D eigenvalue weighted by molar-refractivity contribution is -0.116. The van der Waals surface area contributed by atoms with Gasteiger partial charge in [-0.25, -0.2) is 0 Å². The van der Waals surface area contributed by atoms with E-state index in [-0.39, 0.29) is 17.6 Å². The molecular formula is C25H21Cl2NO3S. The van der Waals surface area contributed by atoms with Crippen molar-refractivity contribution in [1.82, 2.24) is 0 Å². The number of methoxy groups -OCH3 is 2. The number of ketones is 1. The van der Waals surface area contributed by atoms with Gasteiger partial charge in [0.15, 0.2) is 17.3 Å². The van der Waals surface area contributed by atoms with E-state index < -0.39 is 0 Å². The van der Waals surface area contributed by atoms with Crippen LogP contribution in [0.15, 0.2) is 59.1 Å². The third-order valence-corrected chi connectivity index (χ3v) is 7.95. The van der Waals surface area contributed by atoms with Crippen molar-refractivity contribution >= 4 is 46.0 Å². The van der Waals surface area contributed by atoms with Gasteiger partial charge in [-0.05, 0) is 47.2 Å². The largest absolute Gasteiger partial charge is 0.493 e. The SMILES string of the molecule is COc1cc2c(cc1OC)[C@@H](c1ccc(Cl)c(Cl)c1)C1=C(C[C@H](c3cccs3)CC1=O)N2. The van der Waals surface area contributed by atoms with E-state index in [4.69, 9.17) is 32.7 Å². The Hall–Kier alpha value is -2.47. The summed E-state index contributed by atoms with van der Waals surface area (Å²) in [5, 5.41) is 6.55. The number of rotatable bonds is 4. The first-order chi connectivity index (χ1) is 15.5. The molecule has 2 aliphatic rings. The molecular weight excluding hydrogens is 465 g/mol. The highest BCUT2D eigenvalue weighted by Crippen LogP contribution is 2.51. The van der Waals surface area contributed by atoms with Crippen molar-refractivity contribution in [2.45, 2.75) is 24.7 Å². The number of nitrogens with one attached hydrogen (secondary N) is 1. The summed E-state index contributed by atoms with van der Waals surface area (Å²) in [5.74, 6) is 1.29. The molecule has 32 heavy (non-hydrogen) atoms. The van der Waals surface area contributed by atoms with Crippen molar-refractivity contribution in [1.29, 1.82) is 0 Å². The van der Waals surface area contributed by atoms with Gasteiger partial charge in [-0.2, -0.15) is 0 Å². The van der Waals surface area contributed by atoms with Gasteiger partial charge in [-0.1, -0.05) is 35.3 Å². The maximum atomic E-state index is 13.5. The Morgan fingerprint density at radius 2 is 1.78 bits per heavy atom. The van der Waals surface area contributed by atoms with Crippen molar-refractivity contribution in [2.24, 2.45) is 0 Å². The van der Waals surface area contributed by atoms with E-state index in [0.29, 0.717) is 28.0 Å². The summed E-state index contributed by atoms with van der Waals surface area (Å²) in [6, 6.07) is 13.6. The highest BCUT2D eigenvalue weighted by molar-refractivity contribution is 7.10. The first kappa shape index (κ1) is 21.4. The van der Waals surface area contributed by atoms with E-state index in [1.165, 1.54) is 4.88 Å². The van der Waals surface area contributed by atoms with Gasteiger partial charge in [-0.3, -0.25) is 4.79 Å². The van der Waals surface area contributed by atoms with Gasteiger partial charge >= 0.3 is 0 Å². The molecule has 0 amide bonds. The van der Waals surface area contributed by atoms with Crippen LogP contribution < -0.4 is 14.8 Å². The number of anilines is 1. The molecule has 164 valence electrons. The van der Waals surface area contributed by atoms with Gasteiger partial charge < -0.3 is 14.8 Å². The molecule has 1 aliphatic heterocycles. The Labute approximate surface area is 200 Å². The lowest BCUT2D eigenvalue weighted by Gasteiger charge is -2.36. The van der Waals surface area contributed by atoms with E-state index in [0.717, 1.165) is 34.5 Å². The van der Waals surface area contributed by atoms with Crippen LogP contribution >= 0.6 is 34.5 Å². The van der Waals surface area contributed by atoms with Gasteiger partial charge in [0.25, 0.3) is 0 Å². The minimum Gasteiger partial charge on any atom is -0.493 e. The summed E-state index contributed by atoms with van der Waals surface area (Å²) in [5.41, 5.74) is 4.51. The molecule has 2 aromatic carbocycles. The topological polar surface area (TPSA) is 47.6 Å². The molecule has 2 atom stereocenters. The normalized spacial score (nSPS) is 19.8. The molecule has 0 saturated carbocycles. The van der Waals surface area contributed by atoms with Crippen molar-refractivity contribution < 1.29 is 14.3 Å². The summed E-state index contributed by atoms with van der Waals surface area (Å²) in [4.78, 5) is 14.8. The number of benzene rings is 2. The molecule has 1 aromatic heterocycles. The first-order valence-corrected chi connectivity index (χ1v) is 11.9. The van der Waals surface area contributed by atoms with E-state index in [1.54, 1.807) is 31.6 Å². The Kier molecular flexibility index (Phi) is 5.66. The number of fused-ring (bicyclic) bond motifs is 1. The third kappa shape index (κ3) is 3.58. The number of carbonyl (C=O) groups excluding carboxylic acids is 1. The molecule has 7 heteroatoms. The van der Waals surface area contributed by atoms with E-state index in [2.05, 4.69) is 16.8 Å². The number of Topliss-reactive ketones (excluding diaryl/α,β-unsaturated/α-hetero) is 1. The average Bonchev–Trinajstić information content (AvgIpc) is 3.33. The second kappa shape index (κ2) is 8.47. The smallest absolute Gasteiger partial charge is 0.162 e. The maximum Gasteiger partial charge on any atom is 0.162 e. The number of hydrogen-bond acceptors (Lipinski definition) is 5. The molecule has 0 unspecified atom stereocenters. The predicted molar refractivity (Wildman–Crippen MR) is 130 cm³/mol.